The van der Waals surface area contributed by atoms with Crippen molar-refractivity contribution in [2.24, 2.45) is 5.73 Å². The summed E-state index contributed by atoms with van der Waals surface area (Å²) in [5.41, 5.74) is 5.92. The summed E-state index contributed by atoms with van der Waals surface area (Å²) in [4.78, 5) is 41.4. The Morgan fingerprint density at radius 3 is 2.61 bits per heavy atom. The van der Waals surface area contributed by atoms with Crippen molar-refractivity contribution in [1.29, 1.82) is 5.26 Å². The summed E-state index contributed by atoms with van der Waals surface area (Å²) in [6, 6.07) is 17.8. The number of benzene rings is 2. The maximum atomic E-state index is 14.1. The van der Waals surface area contributed by atoms with Crippen molar-refractivity contribution >= 4 is 29.0 Å². The Labute approximate surface area is 189 Å². The minimum absolute atomic E-state index is 0.125. The summed E-state index contributed by atoms with van der Waals surface area (Å²) in [5.74, 6) is -1.09. The van der Waals surface area contributed by atoms with Crippen LogP contribution in [0.4, 0.5) is 11.4 Å². The Morgan fingerprint density at radius 2 is 1.85 bits per heavy atom. The van der Waals surface area contributed by atoms with Gasteiger partial charge in [-0.05, 0) is 24.6 Å². The van der Waals surface area contributed by atoms with Crippen molar-refractivity contribution < 1.29 is 19.1 Å². The number of nitrogens with two attached hydrogens (primary N) is 1. The Bertz CT molecular complexity index is 1310. The predicted molar refractivity (Wildman–Crippen MR) is 119 cm³/mol. The molecule has 1 aliphatic carbocycles. The van der Waals surface area contributed by atoms with E-state index in [1.54, 1.807) is 48.5 Å². The molecule has 0 radical (unpaired) electrons. The molecule has 2 aliphatic heterocycles. The van der Waals surface area contributed by atoms with Crippen molar-refractivity contribution in [2.75, 3.05) is 16.8 Å². The lowest BCUT2D eigenvalue weighted by atomic mass is 9.65. The number of rotatable bonds is 3. The topological polar surface area (TPSA) is 126 Å². The van der Waals surface area contributed by atoms with E-state index in [0.717, 1.165) is 0 Å². The fourth-order valence-corrected chi connectivity index (χ4v) is 4.93. The number of nitrogens with one attached hydrogen (secondary N) is 1. The van der Waals surface area contributed by atoms with Gasteiger partial charge in [0.25, 0.3) is 0 Å². The minimum atomic E-state index is -1.71. The molecule has 8 nitrogen and oxygen atoms in total. The molecule has 0 fully saturated rings. The molecular formula is C25H20N4O4. The number of anilines is 2. The third-order valence-corrected chi connectivity index (χ3v) is 6.23. The van der Waals surface area contributed by atoms with E-state index in [-0.39, 0.29) is 35.8 Å². The second-order valence-electron chi connectivity index (χ2n) is 8.10. The Morgan fingerprint density at radius 1 is 1.12 bits per heavy atom. The van der Waals surface area contributed by atoms with E-state index in [1.165, 1.54) is 4.90 Å². The Kier molecular flexibility index (Phi) is 4.75. The molecule has 0 saturated carbocycles. The van der Waals surface area contributed by atoms with Crippen LogP contribution in [0.5, 0.6) is 0 Å². The smallest absolute Gasteiger partial charge is 0.248 e. The first-order valence-corrected chi connectivity index (χ1v) is 10.6. The SMILES string of the molecule is N#CC1=C(N)OC2=C(C(=O)CCC2)C12C(=O)N(CC(=O)Nc1ccccc1)c1ccccc12. The zero-order valence-electron chi connectivity index (χ0n) is 17.6. The monoisotopic (exact) mass is 440 g/mol. The second-order valence-corrected chi connectivity index (χ2v) is 8.10. The third kappa shape index (κ3) is 2.93. The molecule has 2 aromatic rings. The van der Waals surface area contributed by atoms with E-state index in [9.17, 15) is 19.6 Å². The van der Waals surface area contributed by atoms with E-state index >= 15 is 0 Å². The first kappa shape index (κ1) is 20.5. The Balaban J connectivity index is 1.64. The average molecular weight is 440 g/mol. The molecule has 2 aromatic carbocycles. The quantitative estimate of drug-likeness (QED) is 0.756. The van der Waals surface area contributed by atoms with Gasteiger partial charge in [0.05, 0.1) is 5.57 Å². The zero-order valence-corrected chi connectivity index (χ0v) is 17.6. The van der Waals surface area contributed by atoms with Crippen molar-refractivity contribution in [3.05, 3.63) is 82.9 Å². The lowest BCUT2D eigenvalue weighted by molar-refractivity contribution is -0.125. The van der Waals surface area contributed by atoms with Crippen LogP contribution in [0, 0.1) is 11.3 Å². The van der Waals surface area contributed by atoms with Gasteiger partial charge >= 0.3 is 0 Å². The number of hydrogen-bond donors (Lipinski definition) is 2. The number of nitrogens with zero attached hydrogens (tertiary/aromatic N) is 2. The van der Waals surface area contributed by atoms with Crippen molar-refractivity contribution in [3.8, 4) is 6.07 Å². The van der Waals surface area contributed by atoms with Crippen LogP contribution in [-0.4, -0.2) is 24.1 Å². The van der Waals surface area contributed by atoms with Gasteiger partial charge in [-0.25, -0.2) is 0 Å². The highest BCUT2D eigenvalue weighted by molar-refractivity contribution is 6.21. The number of para-hydroxylation sites is 2. The molecule has 2 amide bonds. The summed E-state index contributed by atoms with van der Waals surface area (Å²) in [6.07, 6.45) is 1.25. The number of hydrogen-bond acceptors (Lipinski definition) is 6. The molecule has 1 unspecified atom stereocenters. The van der Waals surface area contributed by atoms with Crippen LogP contribution in [0.15, 0.2) is 77.4 Å². The van der Waals surface area contributed by atoms with Crippen LogP contribution >= 0.6 is 0 Å². The van der Waals surface area contributed by atoms with Crippen LogP contribution in [0.1, 0.15) is 24.8 Å². The molecule has 0 bridgehead atoms. The second kappa shape index (κ2) is 7.64. The van der Waals surface area contributed by atoms with Crippen LogP contribution in [0.3, 0.4) is 0 Å². The number of carbonyl (C=O) groups excluding carboxylic acids is 3. The predicted octanol–water partition coefficient (Wildman–Crippen LogP) is 2.64. The fourth-order valence-electron chi connectivity index (χ4n) is 4.93. The highest BCUT2D eigenvalue weighted by Gasteiger charge is 2.62. The van der Waals surface area contributed by atoms with E-state index in [2.05, 4.69) is 5.32 Å². The third-order valence-electron chi connectivity index (χ3n) is 6.23. The molecule has 2 heterocycles. The fraction of sp³-hybridized carbons (Fsp3) is 0.200. The van der Waals surface area contributed by atoms with Crippen molar-refractivity contribution in [3.63, 3.8) is 0 Å². The molecule has 3 N–H and O–H groups in total. The van der Waals surface area contributed by atoms with Gasteiger partial charge in [0.2, 0.25) is 17.7 Å². The zero-order chi connectivity index (χ0) is 23.2. The van der Waals surface area contributed by atoms with E-state index < -0.39 is 17.2 Å². The van der Waals surface area contributed by atoms with Crippen molar-refractivity contribution in [2.45, 2.75) is 24.7 Å². The number of Topliss-reactive ketones (excluding diaryl/α,β-unsaturated/α-hetero) is 1. The maximum Gasteiger partial charge on any atom is 0.248 e. The number of carbonyl (C=O) groups is 3. The van der Waals surface area contributed by atoms with Gasteiger partial charge in [-0.2, -0.15) is 5.26 Å². The summed E-state index contributed by atoms with van der Waals surface area (Å²) in [6.45, 7) is -0.289. The van der Waals surface area contributed by atoms with Crippen LogP contribution in [0.2, 0.25) is 0 Å². The number of ketones is 1. The molecular weight excluding hydrogens is 420 g/mol. The molecule has 1 spiro atoms. The molecule has 8 heteroatoms. The standard InChI is InChI=1S/C25H20N4O4/c26-13-17-23(27)33-20-12-6-11-19(30)22(20)25(17)16-9-4-5-10-18(16)29(24(25)32)14-21(31)28-15-7-2-1-3-8-15/h1-5,7-10H,6,11-12,14,27H2,(H,28,31). The number of nitriles is 1. The van der Waals surface area contributed by atoms with E-state index in [1.807, 2.05) is 12.1 Å². The van der Waals surface area contributed by atoms with Crippen LogP contribution < -0.4 is 16.0 Å². The van der Waals surface area contributed by atoms with Gasteiger partial charge in [0.1, 0.15) is 29.4 Å². The van der Waals surface area contributed by atoms with Crippen LogP contribution in [-0.2, 0) is 24.5 Å². The van der Waals surface area contributed by atoms with Gasteiger partial charge in [-0.3, -0.25) is 14.4 Å². The summed E-state index contributed by atoms with van der Waals surface area (Å²) in [7, 11) is 0. The van der Waals surface area contributed by atoms with Gasteiger partial charge in [-0.15, -0.1) is 0 Å². The van der Waals surface area contributed by atoms with Gasteiger partial charge in [0.15, 0.2) is 5.78 Å². The Hall–Kier alpha value is -4.38. The highest BCUT2D eigenvalue weighted by atomic mass is 16.5. The summed E-state index contributed by atoms with van der Waals surface area (Å²) >= 11 is 0. The summed E-state index contributed by atoms with van der Waals surface area (Å²) < 4.78 is 5.65. The van der Waals surface area contributed by atoms with Gasteiger partial charge in [-0.1, -0.05) is 36.4 Å². The number of allylic oxidation sites excluding steroid dienone is 1. The normalized spacial score (nSPS) is 21.5. The molecule has 0 saturated heterocycles. The molecule has 164 valence electrons. The maximum absolute atomic E-state index is 14.1. The largest absolute Gasteiger partial charge is 0.444 e. The molecule has 5 rings (SSSR count). The molecule has 33 heavy (non-hydrogen) atoms. The first-order chi connectivity index (χ1) is 16.0. The lowest BCUT2D eigenvalue weighted by Gasteiger charge is -2.37. The number of amides is 2. The molecule has 3 aliphatic rings. The van der Waals surface area contributed by atoms with E-state index in [0.29, 0.717) is 35.5 Å². The molecule has 1 atom stereocenters. The van der Waals surface area contributed by atoms with Crippen LogP contribution in [0.25, 0.3) is 0 Å². The molecule has 0 aromatic heterocycles. The average Bonchev–Trinajstić information content (AvgIpc) is 3.03. The number of ether oxygens (including phenoxy) is 1. The van der Waals surface area contributed by atoms with Gasteiger partial charge in [0, 0.05) is 29.8 Å². The lowest BCUT2D eigenvalue weighted by Crippen LogP contribution is -2.50. The van der Waals surface area contributed by atoms with Crippen molar-refractivity contribution in [1.82, 2.24) is 0 Å². The minimum Gasteiger partial charge on any atom is -0.444 e. The summed E-state index contributed by atoms with van der Waals surface area (Å²) in [5, 5.41) is 12.8. The number of fused-ring (bicyclic) bond motifs is 3. The first-order valence-electron chi connectivity index (χ1n) is 10.6. The highest BCUT2D eigenvalue weighted by Crippen LogP contribution is 2.55. The van der Waals surface area contributed by atoms with Gasteiger partial charge < -0.3 is 20.7 Å². The van der Waals surface area contributed by atoms with E-state index in [4.69, 9.17) is 10.5 Å².